The van der Waals surface area contributed by atoms with Crippen molar-refractivity contribution in [3.05, 3.63) is 51.4 Å². The van der Waals surface area contributed by atoms with E-state index in [-0.39, 0.29) is 29.3 Å². The summed E-state index contributed by atoms with van der Waals surface area (Å²) in [5, 5.41) is 2.79. The van der Waals surface area contributed by atoms with Gasteiger partial charge in [-0.05, 0) is 37.5 Å². The maximum absolute atomic E-state index is 12.7. The van der Waals surface area contributed by atoms with Crippen LogP contribution >= 0.6 is 0 Å². The number of nitrogens with zero attached hydrogens (tertiary/aromatic N) is 3. The number of hydrogen-bond donors (Lipinski definition) is 2. The van der Waals surface area contributed by atoms with Crippen molar-refractivity contribution in [2.24, 2.45) is 0 Å². The zero-order valence-corrected chi connectivity index (χ0v) is 19.5. The molecule has 11 heteroatoms. The maximum atomic E-state index is 12.7. The number of aromatic nitrogens is 2. The maximum Gasteiger partial charge on any atom is 0.256 e. The van der Waals surface area contributed by atoms with E-state index in [0.29, 0.717) is 43.5 Å². The van der Waals surface area contributed by atoms with Gasteiger partial charge in [-0.25, -0.2) is 13.4 Å². The predicted molar refractivity (Wildman–Crippen MR) is 123 cm³/mol. The van der Waals surface area contributed by atoms with Crippen LogP contribution in [0.25, 0.3) is 0 Å². The van der Waals surface area contributed by atoms with E-state index in [1.165, 1.54) is 4.31 Å². The lowest BCUT2D eigenvalue weighted by molar-refractivity contribution is -0.120. The Morgan fingerprint density at radius 1 is 1.12 bits per heavy atom. The first-order valence-corrected chi connectivity index (χ1v) is 12.6. The Kier molecular flexibility index (Phi) is 7.11. The van der Waals surface area contributed by atoms with Crippen LogP contribution in [0.15, 0.2) is 34.0 Å². The minimum Gasteiger partial charge on any atom is -0.379 e. The first-order chi connectivity index (χ1) is 15.8. The molecule has 1 aromatic carbocycles. The van der Waals surface area contributed by atoms with E-state index in [2.05, 4.69) is 15.3 Å². The van der Waals surface area contributed by atoms with Crippen LogP contribution in [0, 0.1) is 6.92 Å². The summed E-state index contributed by atoms with van der Waals surface area (Å²) in [5.41, 5.74) is 1.37. The summed E-state index contributed by atoms with van der Waals surface area (Å²) in [4.78, 5) is 34.5. The average molecular weight is 476 g/mol. The molecule has 1 amide bonds. The third-order valence-corrected chi connectivity index (χ3v) is 7.89. The molecule has 3 heterocycles. The number of amides is 1. The number of rotatable bonds is 7. The fourth-order valence-corrected chi connectivity index (χ4v) is 5.43. The van der Waals surface area contributed by atoms with Gasteiger partial charge >= 0.3 is 0 Å². The summed E-state index contributed by atoms with van der Waals surface area (Å²) >= 11 is 0. The van der Waals surface area contributed by atoms with Gasteiger partial charge in [0.1, 0.15) is 0 Å². The van der Waals surface area contributed by atoms with Gasteiger partial charge in [-0.3, -0.25) is 14.6 Å². The largest absolute Gasteiger partial charge is 0.379 e. The van der Waals surface area contributed by atoms with Gasteiger partial charge in [0.15, 0.2) is 0 Å². The fourth-order valence-electron chi connectivity index (χ4n) is 4.02. The van der Waals surface area contributed by atoms with Crippen LogP contribution in [0.2, 0.25) is 0 Å². The predicted octanol–water partition coefficient (Wildman–Crippen LogP) is 0.558. The molecule has 0 atom stereocenters. The van der Waals surface area contributed by atoms with Gasteiger partial charge in [-0.1, -0.05) is 12.1 Å². The smallest absolute Gasteiger partial charge is 0.256 e. The molecule has 0 radical (unpaired) electrons. The van der Waals surface area contributed by atoms with E-state index in [0.717, 1.165) is 31.5 Å². The summed E-state index contributed by atoms with van der Waals surface area (Å²) in [7, 11) is -3.55. The molecular formula is C22H29N5O5S. The van der Waals surface area contributed by atoms with E-state index in [1.807, 2.05) is 4.90 Å². The van der Waals surface area contributed by atoms with Gasteiger partial charge in [-0.2, -0.15) is 4.31 Å². The second-order valence-electron chi connectivity index (χ2n) is 8.26. The molecule has 2 fully saturated rings. The van der Waals surface area contributed by atoms with E-state index < -0.39 is 10.0 Å². The van der Waals surface area contributed by atoms with Crippen LogP contribution in [-0.4, -0.2) is 68.0 Å². The van der Waals surface area contributed by atoms with E-state index >= 15 is 0 Å². The van der Waals surface area contributed by atoms with Crippen LogP contribution in [0.4, 0.5) is 5.95 Å². The Morgan fingerprint density at radius 3 is 2.42 bits per heavy atom. The molecule has 178 valence electrons. The Hall–Kier alpha value is -2.76. The van der Waals surface area contributed by atoms with Crippen molar-refractivity contribution in [2.75, 3.05) is 44.3 Å². The van der Waals surface area contributed by atoms with Crippen LogP contribution in [0.3, 0.4) is 0 Å². The molecule has 2 aliphatic rings. The number of aromatic amines is 1. The number of carbonyl (C=O) groups is 1. The zero-order valence-electron chi connectivity index (χ0n) is 18.7. The summed E-state index contributed by atoms with van der Waals surface area (Å²) in [6.45, 7) is 5.17. The van der Waals surface area contributed by atoms with Crippen molar-refractivity contribution in [3.63, 3.8) is 0 Å². The molecule has 0 spiro atoms. The first-order valence-electron chi connectivity index (χ1n) is 11.1. The number of aryl methyl sites for hydroxylation is 1. The SMILES string of the molecule is Cc1nc(N2CCCC2)[nH]c(=O)c1CC(=O)NCc1ccc(S(=O)(=O)N2CCOCC2)cc1. The highest BCUT2D eigenvalue weighted by atomic mass is 32.2. The van der Waals surface area contributed by atoms with Crippen molar-refractivity contribution in [1.82, 2.24) is 19.6 Å². The number of sulfonamides is 1. The van der Waals surface area contributed by atoms with Crippen LogP contribution in [0.5, 0.6) is 0 Å². The quantitative estimate of drug-likeness (QED) is 0.599. The minimum atomic E-state index is -3.55. The highest BCUT2D eigenvalue weighted by molar-refractivity contribution is 7.89. The third kappa shape index (κ3) is 5.43. The van der Waals surface area contributed by atoms with E-state index in [9.17, 15) is 18.0 Å². The van der Waals surface area contributed by atoms with Crippen molar-refractivity contribution in [1.29, 1.82) is 0 Å². The summed E-state index contributed by atoms with van der Waals surface area (Å²) in [6.07, 6.45) is 2.08. The highest BCUT2D eigenvalue weighted by Crippen LogP contribution is 2.18. The van der Waals surface area contributed by atoms with Crippen molar-refractivity contribution in [3.8, 4) is 0 Å². The van der Waals surface area contributed by atoms with Gasteiger partial charge < -0.3 is 15.0 Å². The van der Waals surface area contributed by atoms with Gasteiger partial charge in [-0.15, -0.1) is 0 Å². The molecular weight excluding hydrogens is 446 g/mol. The summed E-state index contributed by atoms with van der Waals surface area (Å²) in [6, 6.07) is 6.44. The minimum absolute atomic E-state index is 0.0715. The summed E-state index contributed by atoms with van der Waals surface area (Å²) < 4.78 is 32.0. The fraction of sp³-hybridized carbons (Fsp3) is 0.500. The molecule has 0 saturated carbocycles. The normalized spacial score (nSPS) is 17.3. The molecule has 33 heavy (non-hydrogen) atoms. The van der Waals surface area contributed by atoms with Crippen LogP contribution in [-0.2, 0) is 32.5 Å². The second-order valence-corrected chi connectivity index (χ2v) is 10.2. The number of benzene rings is 1. The first kappa shape index (κ1) is 23.4. The Morgan fingerprint density at radius 2 is 1.79 bits per heavy atom. The lowest BCUT2D eigenvalue weighted by Crippen LogP contribution is -2.40. The Labute approximate surface area is 193 Å². The molecule has 2 saturated heterocycles. The van der Waals surface area contributed by atoms with E-state index in [4.69, 9.17) is 4.74 Å². The number of H-pyrrole nitrogens is 1. The molecule has 2 N–H and O–H groups in total. The number of nitrogens with one attached hydrogen (secondary N) is 2. The molecule has 2 aliphatic heterocycles. The Bertz CT molecular complexity index is 1150. The number of hydrogen-bond acceptors (Lipinski definition) is 7. The highest BCUT2D eigenvalue weighted by Gasteiger charge is 2.26. The van der Waals surface area contributed by atoms with Crippen molar-refractivity contribution >= 4 is 21.9 Å². The van der Waals surface area contributed by atoms with E-state index in [1.54, 1.807) is 31.2 Å². The monoisotopic (exact) mass is 475 g/mol. The topological polar surface area (TPSA) is 125 Å². The zero-order chi connectivity index (χ0) is 23.4. The average Bonchev–Trinajstić information content (AvgIpc) is 3.36. The molecule has 0 bridgehead atoms. The number of anilines is 1. The van der Waals surface area contributed by atoms with Crippen LogP contribution < -0.4 is 15.8 Å². The molecule has 2 aromatic rings. The Balaban J connectivity index is 1.35. The van der Waals surface area contributed by atoms with Gasteiger partial charge in [0.2, 0.25) is 21.9 Å². The number of ether oxygens (including phenoxy) is 1. The number of carbonyl (C=O) groups excluding carboxylic acids is 1. The molecule has 4 rings (SSSR count). The molecule has 0 unspecified atom stereocenters. The lowest BCUT2D eigenvalue weighted by atomic mass is 10.1. The van der Waals surface area contributed by atoms with Crippen molar-refractivity contribution < 1.29 is 17.9 Å². The standard InChI is InChI=1S/C22H29N5O5S/c1-16-19(21(29)25-22(24-16)26-8-2-3-9-26)14-20(28)23-15-17-4-6-18(7-5-17)33(30,31)27-10-12-32-13-11-27/h4-7H,2-3,8-15H2,1H3,(H,23,28)(H,24,25,29). The third-order valence-electron chi connectivity index (χ3n) is 5.97. The van der Waals surface area contributed by atoms with Crippen molar-refractivity contribution in [2.45, 2.75) is 37.6 Å². The second kappa shape index (κ2) is 10.0. The van der Waals surface area contributed by atoms with Gasteiger partial charge in [0.05, 0.1) is 30.2 Å². The van der Waals surface area contributed by atoms with Gasteiger partial charge in [0.25, 0.3) is 5.56 Å². The van der Waals surface area contributed by atoms with Crippen LogP contribution in [0.1, 0.15) is 29.7 Å². The number of morpholine rings is 1. The van der Waals surface area contributed by atoms with Gasteiger partial charge in [0, 0.05) is 38.3 Å². The molecule has 0 aliphatic carbocycles. The molecule has 1 aromatic heterocycles. The molecule has 10 nitrogen and oxygen atoms in total. The summed E-state index contributed by atoms with van der Waals surface area (Å²) in [5.74, 6) is 0.260. The lowest BCUT2D eigenvalue weighted by Gasteiger charge is -2.26.